The molecular formula is C18H11ClFN2O3-. The summed E-state index contributed by atoms with van der Waals surface area (Å²) in [6.45, 7) is 0. The molecule has 0 radical (unpaired) electrons. The molecule has 0 saturated carbocycles. The lowest BCUT2D eigenvalue weighted by Gasteiger charge is -2.07. The van der Waals surface area contributed by atoms with Crippen molar-refractivity contribution in [1.29, 1.82) is 0 Å². The topological polar surface area (TPSA) is 77.7 Å². The standard InChI is InChI=1S/C18H12ClFN2O3/c19-16-7-5-13(9-15(16)18(23)24)22-21-10-14-6-8-17(25-14)11-1-3-12(20)4-2-11/h1-10,22H,(H,23,24)/p-1/b21-10-. The Morgan fingerprint density at radius 2 is 1.92 bits per heavy atom. The average molecular weight is 358 g/mol. The van der Waals surface area contributed by atoms with Gasteiger partial charge < -0.3 is 14.3 Å². The van der Waals surface area contributed by atoms with Gasteiger partial charge in [-0.05, 0) is 54.6 Å². The number of anilines is 1. The molecule has 0 amide bonds. The molecule has 7 heteroatoms. The van der Waals surface area contributed by atoms with Crippen LogP contribution in [0, 0.1) is 5.82 Å². The first-order valence-electron chi connectivity index (χ1n) is 7.19. The molecule has 0 fully saturated rings. The number of nitrogens with zero attached hydrogens (tertiary/aromatic N) is 1. The quantitative estimate of drug-likeness (QED) is 0.559. The number of rotatable bonds is 5. The predicted molar refractivity (Wildman–Crippen MR) is 91.1 cm³/mol. The first kappa shape index (κ1) is 16.7. The van der Waals surface area contributed by atoms with E-state index in [0.29, 0.717) is 17.2 Å². The summed E-state index contributed by atoms with van der Waals surface area (Å²) in [6.07, 6.45) is 1.43. The molecule has 0 atom stereocenters. The van der Waals surface area contributed by atoms with Crippen LogP contribution in [0.15, 0.2) is 64.1 Å². The van der Waals surface area contributed by atoms with Gasteiger partial charge in [0.25, 0.3) is 0 Å². The zero-order valence-corrected chi connectivity index (χ0v) is 13.5. The number of hydrazone groups is 1. The minimum atomic E-state index is -1.37. The van der Waals surface area contributed by atoms with Crippen LogP contribution in [-0.2, 0) is 0 Å². The predicted octanol–water partition coefficient (Wildman–Crippen LogP) is 3.55. The molecular weight excluding hydrogens is 347 g/mol. The van der Waals surface area contributed by atoms with Gasteiger partial charge in [-0.1, -0.05) is 11.6 Å². The summed E-state index contributed by atoms with van der Waals surface area (Å²) in [5.74, 6) is -0.638. The maximum Gasteiger partial charge on any atom is 0.147 e. The first-order chi connectivity index (χ1) is 12.0. The second-order valence-electron chi connectivity index (χ2n) is 5.06. The maximum absolute atomic E-state index is 12.9. The van der Waals surface area contributed by atoms with E-state index in [1.165, 1.54) is 30.5 Å². The van der Waals surface area contributed by atoms with Crippen molar-refractivity contribution in [3.63, 3.8) is 0 Å². The molecule has 1 heterocycles. The second-order valence-corrected chi connectivity index (χ2v) is 5.47. The minimum absolute atomic E-state index is 0.0875. The molecule has 1 aromatic heterocycles. The molecule has 0 spiro atoms. The Labute approximate surface area is 147 Å². The number of nitrogens with one attached hydrogen (secondary N) is 1. The lowest BCUT2D eigenvalue weighted by Crippen LogP contribution is -2.22. The molecule has 126 valence electrons. The molecule has 0 saturated heterocycles. The monoisotopic (exact) mass is 357 g/mol. The number of carbonyl (C=O) groups is 1. The van der Waals surface area contributed by atoms with Gasteiger partial charge in [0, 0.05) is 16.1 Å². The summed E-state index contributed by atoms with van der Waals surface area (Å²) in [4.78, 5) is 10.9. The van der Waals surface area contributed by atoms with E-state index in [2.05, 4.69) is 10.5 Å². The Morgan fingerprint density at radius 3 is 2.64 bits per heavy atom. The van der Waals surface area contributed by atoms with Crippen LogP contribution in [0.3, 0.4) is 0 Å². The number of furan rings is 1. The van der Waals surface area contributed by atoms with E-state index < -0.39 is 5.97 Å². The molecule has 0 aliphatic heterocycles. The van der Waals surface area contributed by atoms with Crippen LogP contribution < -0.4 is 10.5 Å². The van der Waals surface area contributed by atoms with E-state index in [9.17, 15) is 14.3 Å². The highest BCUT2D eigenvalue weighted by molar-refractivity contribution is 6.33. The molecule has 0 unspecified atom stereocenters. The van der Waals surface area contributed by atoms with Gasteiger partial charge in [-0.15, -0.1) is 0 Å². The van der Waals surface area contributed by atoms with E-state index >= 15 is 0 Å². The summed E-state index contributed by atoms with van der Waals surface area (Å²) in [5.41, 5.74) is 3.73. The normalized spacial score (nSPS) is 11.0. The Bertz CT molecular complexity index is 936. The lowest BCUT2D eigenvalue weighted by atomic mass is 10.2. The number of benzene rings is 2. The van der Waals surface area contributed by atoms with E-state index in [-0.39, 0.29) is 16.4 Å². The third-order valence-electron chi connectivity index (χ3n) is 3.33. The fraction of sp³-hybridized carbons (Fsp3) is 0. The van der Waals surface area contributed by atoms with Crippen LogP contribution in [0.1, 0.15) is 16.1 Å². The molecule has 25 heavy (non-hydrogen) atoms. The zero-order chi connectivity index (χ0) is 17.8. The van der Waals surface area contributed by atoms with Gasteiger partial charge in [0.15, 0.2) is 0 Å². The number of carbonyl (C=O) groups excluding carboxylic acids is 1. The van der Waals surface area contributed by atoms with Crippen LogP contribution in [0.4, 0.5) is 10.1 Å². The molecule has 0 bridgehead atoms. The fourth-order valence-corrected chi connectivity index (χ4v) is 2.31. The first-order valence-corrected chi connectivity index (χ1v) is 7.56. The van der Waals surface area contributed by atoms with E-state index in [1.807, 2.05) is 0 Å². The average Bonchev–Trinajstić information content (AvgIpc) is 3.05. The van der Waals surface area contributed by atoms with Gasteiger partial charge in [0.1, 0.15) is 17.3 Å². The number of hydrogen-bond donors (Lipinski definition) is 1. The zero-order valence-electron chi connectivity index (χ0n) is 12.7. The van der Waals surface area contributed by atoms with Crippen LogP contribution >= 0.6 is 11.6 Å². The smallest absolute Gasteiger partial charge is 0.147 e. The Kier molecular flexibility index (Phi) is 4.81. The number of carboxylic acid groups (broad SMARTS) is 1. The highest BCUT2D eigenvalue weighted by Crippen LogP contribution is 2.22. The summed E-state index contributed by atoms with van der Waals surface area (Å²) in [6, 6.07) is 13.7. The number of hydrogen-bond acceptors (Lipinski definition) is 5. The molecule has 1 N–H and O–H groups in total. The number of carboxylic acids is 1. The molecule has 5 nitrogen and oxygen atoms in total. The van der Waals surface area contributed by atoms with Crippen LogP contribution in [-0.4, -0.2) is 12.2 Å². The molecule has 2 aromatic carbocycles. The summed E-state index contributed by atoms with van der Waals surface area (Å²) >= 11 is 5.77. The van der Waals surface area contributed by atoms with Crippen molar-refractivity contribution in [1.82, 2.24) is 0 Å². The maximum atomic E-state index is 12.9. The Hall–Kier alpha value is -3.12. The summed E-state index contributed by atoms with van der Waals surface area (Å²) in [5, 5.41) is 15.0. The fourth-order valence-electron chi connectivity index (χ4n) is 2.11. The Balaban J connectivity index is 1.70. The van der Waals surface area contributed by atoms with Crippen LogP contribution in [0.5, 0.6) is 0 Å². The third kappa shape index (κ3) is 4.05. The molecule has 0 aliphatic carbocycles. The van der Waals surface area contributed by atoms with Gasteiger partial charge in [-0.3, -0.25) is 5.43 Å². The van der Waals surface area contributed by atoms with E-state index in [4.69, 9.17) is 16.0 Å². The van der Waals surface area contributed by atoms with Crippen LogP contribution in [0.25, 0.3) is 11.3 Å². The van der Waals surface area contributed by atoms with Crippen molar-refractivity contribution in [3.05, 3.63) is 76.8 Å². The minimum Gasteiger partial charge on any atom is -0.545 e. The van der Waals surface area contributed by atoms with Gasteiger partial charge in [-0.25, -0.2) is 4.39 Å². The highest BCUT2D eigenvalue weighted by Gasteiger charge is 2.04. The summed E-state index contributed by atoms with van der Waals surface area (Å²) < 4.78 is 18.5. The van der Waals surface area contributed by atoms with Gasteiger partial charge in [0.2, 0.25) is 0 Å². The molecule has 0 aliphatic rings. The number of halogens is 2. The third-order valence-corrected chi connectivity index (χ3v) is 3.66. The largest absolute Gasteiger partial charge is 0.545 e. The molecule has 3 rings (SSSR count). The van der Waals surface area contributed by atoms with Gasteiger partial charge in [-0.2, -0.15) is 5.10 Å². The summed E-state index contributed by atoms with van der Waals surface area (Å²) in [7, 11) is 0. The highest BCUT2D eigenvalue weighted by atomic mass is 35.5. The van der Waals surface area contributed by atoms with Crippen molar-refractivity contribution < 1.29 is 18.7 Å². The van der Waals surface area contributed by atoms with Crippen molar-refractivity contribution in [2.24, 2.45) is 5.10 Å². The van der Waals surface area contributed by atoms with Gasteiger partial charge in [0.05, 0.1) is 17.9 Å². The van der Waals surface area contributed by atoms with Crippen molar-refractivity contribution >= 4 is 29.5 Å². The van der Waals surface area contributed by atoms with Crippen molar-refractivity contribution in [2.45, 2.75) is 0 Å². The second kappa shape index (κ2) is 7.19. The van der Waals surface area contributed by atoms with Crippen molar-refractivity contribution in [2.75, 3.05) is 5.43 Å². The SMILES string of the molecule is O=C([O-])c1cc(N/N=C\c2ccc(-c3ccc(F)cc3)o2)ccc1Cl. The van der Waals surface area contributed by atoms with E-state index in [0.717, 1.165) is 5.56 Å². The molecule has 3 aromatic rings. The number of aromatic carboxylic acids is 1. The van der Waals surface area contributed by atoms with Gasteiger partial charge >= 0.3 is 0 Å². The van der Waals surface area contributed by atoms with Crippen LogP contribution in [0.2, 0.25) is 5.02 Å². The van der Waals surface area contributed by atoms with Crippen molar-refractivity contribution in [3.8, 4) is 11.3 Å². The lowest BCUT2D eigenvalue weighted by molar-refractivity contribution is -0.255. The Morgan fingerprint density at radius 1 is 1.16 bits per heavy atom. The van der Waals surface area contributed by atoms with E-state index in [1.54, 1.807) is 30.3 Å².